The van der Waals surface area contributed by atoms with Crippen LogP contribution in [-0.4, -0.2) is 19.2 Å². The summed E-state index contributed by atoms with van der Waals surface area (Å²) in [4.78, 5) is 0. The summed E-state index contributed by atoms with van der Waals surface area (Å²) in [5.74, 6) is 0.918. The Labute approximate surface area is 106 Å². The number of rotatable bonds is 2. The van der Waals surface area contributed by atoms with Crippen LogP contribution in [0.15, 0.2) is 24.3 Å². The first-order valence-corrected chi connectivity index (χ1v) is 5.35. The van der Waals surface area contributed by atoms with Gasteiger partial charge in [-0.2, -0.15) is 0 Å². The first-order chi connectivity index (χ1) is 6.84. The van der Waals surface area contributed by atoms with E-state index in [2.05, 4.69) is 5.32 Å². The first kappa shape index (κ1) is 12.8. The van der Waals surface area contributed by atoms with Crippen LogP contribution in [-0.2, 0) is 0 Å². The highest BCUT2D eigenvalue weighted by molar-refractivity contribution is 8.93. The van der Waals surface area contributed by atoms with Gasteiger partial charge in [0.05, 0.1) is 0 Å². The van der Waals surface area contributed by atoms with Gasteiger partial charge in [0.2, 0.25) is 0 Å². The Morgan fingerprint density at radius 2 is 1.73 bits per heavy atom. The van der Waals surface area contributed by atoms with Crippen molar-refractivity contribution in [2.45, 2.75) is 18.9 Å². The van der Waals surface area contributed by atoms with E-state index in [0.29, 0.717) is 6.10 Å². The van der Waals surface area contributed by atoms with Crippen LogP contribution in [0, 0.1) is 0 Å². The van der Waals surface area contributed by atoms with Gasteiger partial charge in [-0.05, 0) is 50.2 Å². The maximum atomic E-state index is 5.81. The number of hydrogen-bond acceptors (Lipinski definition) is 2. The number of nitrogens with one attached hydrogen (secondary N) is 1. The van der Waals surface area contributed by atoms with Gasteiger partial charge in [-0.15, -0.1) is 17.0 Å². The second kappa shape index (κ2) is 6.36. The monoisotopic (exact) mass is 291 g/mol. The Hall–Kier alpha value is -0.250. The molecular weight excluding hydrogens is 277 g/mol. The van der Waals surface area contributed by atoms with Gasteiger partial charge in [-0.25, -0.2) is 0 Å². The minimum absolute atomic E-state index is 0. The van der Waals surface area contributed by atoms with E-state index in [1.807, 2.05) is 24.3 Å². The van der Waals surface area contributed by atoms with Crippen LogP contribution >= 0.6 is 28.6 Å². The second-order valence-corrected chi connectivity index (χ2v) is 3.96. The molecule has 1 aliphatic rings. The molecule has 0 saturated carbocycles. The fourth-order valence-corrected chi connectivity index (χ4v) is 1.74. The van der Waals surface area contributed by atoms with Crippen LogP contribution < -0.4 is 10.1 Å². The van der Waals surface area contributed by atoms with Crippen LogP contribution in [0.25, 0.3) is 0 Å². The molecule has 0 atom stereocenters. The standard InChI is InChI=1S/C11H14ClNO.BrH/c12-9-1-3-10(4-2-9)14-11-5-7-13-8-6-11;/h1-4,11,13H,5-8H2;1H. The smallest absolute Gasteiger partial charge is 0.119 e. The Kier molecular flexibility index (Phi) is 5.43. The van der Waals surface area contributed by atoms with E-state index < -0.39 is 0 Å². The van der Waals surface area contributed by atoms with Gasteiger partial charge in [0.25, 0.3) is 0 Å². The molecule has 15 heavy (non-hydrogen) atoms. The highest BCUT2D eigenvalue weighted by Gasteiger charge is 2.13. The van der Waals surface area contributed by atoms with Crippen LogP contribution in [0.3, 0.4) is 0 Å². The van der Waals surface area contributed by atoms with Gasteiger partial charge < -0.3 is 10.1 Å². The molecule has 0 aliphatic carbocycles. The number of piperidine rings is 1. The number of benzene rings is 1. The molecule has 0 aromatic heterocycles. The molecular formula is C11H15BrClNO. The molecule has 2 rings (SSSR count). The van der Waals surface area contributed by atoms with Gasteiger partial charge in [0, 0.05) is 5.02 Å². The van der Waals surface area contributed by atoms with E-state index in [4.69, 9.17) is 16.3 Å². The quantitative estimate of drug-likeness (QED) is 0.904. The largest absolute Gasteiger partial charge is 0.490 e. The highest BCUT2D eigenvalue weighted by Crippen LogP contribution is 2.19. The molecule has 1 saturated heterocycles. The zero-order valence-electron chi connectivity index (χ0n) is 8.41. The second-order valence-electron chi connectivity index (χ2n) is 3.52. The Balaban J connectivity index is 0.00000112. The zero-order valence-corrected chi connectivity index (χ0v) is 10.9. The van der Waals surface area contributed by atoms with Crippen molar-refractivity contribution >= 4 is 28.6 Å². The van der Waals surface area contributed by atoms with Crippen molar-refractivity contribution in [3.63, 3.8) is 0 Å². The molecule has 4 heteroatoms. The number of hydrogen-bond donors (Lipinski definition) is 1. The predicted molar refractivity (Wildman–Crippen MR) is 68.3 cm³/mol. The van der Waals surface area contributed by atoms with Crippen LogP contribution in [0.5, 0.6) is 5.75 Å². The normalized spacial score (nSPS) is 16.9. The molecule has 1 fully saturated rings. The molecule has 2 nitrogen and oxygen atoms in total. The molecule has 84 valence electrons. The van der Waals surface area contributed by atoms with Crippen molar-refractivity contribution in [1.29, 1.82) is 0 Å². The van der Waals surface area contributed by atoms with Crippen LogP contribution in [0.1, 0.15) is 12.8 Å². The minimum atomic E-state index is 0. The summed E-state index contributed by atoms with van der Waals surface area (Å²) in [5, 5.41) is 4.06. The van der Waals surface area contributed by atoms with Gasteiger partial charge in [0.1, 0.15) is 11.9 Å². The third kappa shape index (κ3) is 4.01. The number of ether oxygens (including phenoxy) is 1. The average molecular weight is 293 g/mol. The number of halogens is 2. The third-order valence-corrected chi connectivity index (χ3v) is 2.65. The van der Waals surface area contributed by atoms with Gasteiger partial charge >= 0.3 is 0 Å². The summed E-state index contributed by atoms with van der Waals surface area (Å²) in [6.45, 7) is 2.11. The molecule has 0 amide bonds. The zero-order chi connectivity index (χ0) is 9.80. The molecule has 1 aromatic rings. The molecule has 1 aromatic carbocycles. The first-order valence-electron chi connectivity index (χ1n) is 4.97. The summed E-state index contributed by atoms with van der Waals surface area (Å²) in [7, 11) is 0. The fraction of sp³-hybridized carbons (Fsp3) is 0.455. The van der Waals surface area contributed by atoms with E-state index in [-0.39, 0.29) is 17.0 Å². The van der Waals surface area contributed by atoms with E-state index >= 15 is 0 Å². The highest BCUT2D eigenvalue weighted by atomic mass is 79.9. The van der Waals surface area contributed by atoms with Gasteiger partial charge in [0.15, 0.2) is 0 Å². The third-order valence-electron chi connectivity index (χ3n) is 2.40. The molecule has 0 spiro atoms. The lowest BCUT2D eigenvalue weighted by atomic mass is 10.1. The topological polar surface area (TPSA) is 21.3 Å². The summed E-state index contributed by atoms with van der Waals surface area (Å²) in [6, 6.07) is 7.56. The summed E-state index contributed by atoms with van der Waals surface area (Å²) >= 11 is 5.79. The van der Waals surface area contributed by atoms with Crippen LogP contribution in [0.4, 0.5) is 0 Å². The summed E-state index contributed by atoms with van der Waals surface area (Å²) in [6.07, 6.45) is 2.53. The molecule has 1 aliphatic heterocycles. The Morgan fingerprint density at radius 3 is 2.33 bits per heavy atom. The fourth-order valence-electron chi connectivity index (χ4n) is 1.62. The molecule has 0 bridgehead atoms. The molecule has 1 N–H and O–H groups in total. The maximum Gasteiger partial charge on any atom is 0.119 e. The molecule has 1 heterocycles. The van der Waals surface area contributed by atoms with Crippen molar-refractivity contribution in [2.24, 2.45) is 0 Å². The predicted octanol–water partition coefficient (Wildman–Crippen LogP) is 3.05. The molecule has 0 radical (unpaired) electrons. The van der Waals surface area contributed by atoms with E-state index in [1.165, 1.54) is 0 Å². The van der Waals surface area contributed by atoms with E-state index in [9.17, 15) is 0 Å². The lowest BCUT2D eigenvalue weighted by Gasteiger charge is -2.23. The SMILES string of the molecule is Br.Clc1ccc(OC2CCNCC2)cc1. The Morgan fingerprint density at radius 1 is 1.13 bits per heavy atom. The van der Waals surface area contributed by atoms with Crippen molar-refractivity contribution in [1.82, 2.24) is 5.32 Å². The van der Waals surface area contributed by atoms with Crippen LogP contribution in [0.2, 0.25) is 5.02 Å². The van der Waals surface area contributed by atoms with Crippen molar-refractivity contribution in [3.05, 3.63) is 29.3 Å². The molecule has 0 unspecified atom stereocenters. The summed E-state index contributed by atoms with van der Waals surface area (Å²) in [5.41, 5.74) is 0. The van der Waals surface area contributed by atoms with Crippen molar-refractivity contribution < 1.29 is 4.74 Å². The van der Waals surface area contributed by atoms with E-state index in [1.54, 1.807) is 0 Å². The van der Waals surface area contributed by atoms with Crippen molar-refractivity contribution in [3.8, 4) is 5.75 Å². The van der Waals surface area contributed by atoms with Gasteiger partial charge in [-0.3, -0.25) is 0 Å². The van der Waals surface area contributed by atoms with Gasteiger partial charge in [-0.1, -0.05) is 11.6 Å². The van der Waals surface area contributed by atoms with E-state index in [0.717, 1.165) is 36.7 Å². The summed E-state index contributed by atoms with van der Waals surface area (Å²) < 4.78 is 5.81. The average Bonchev–Trinajstić information content (AvgIpc) is 2.23. The van der Waals surface area contributed by atoms with Crippen molar-refractivity contribution in [2.75, 3.05) is 13.1 Å². The lowest BCUT2D eigenvalue weighted by Crippen LogP contribution is -2.34. The maximum absolute atomic E-state index is 5.81. The minimum Gasteiger partial charge on any atom is -0.490 e. The lowest BCUT2D eigenvalue weighted by molar-refractivity contribution is 0.162. The Bertz CT molecular complexity index is 285.